The standard InChI is InChI=1S/C22H16FN3O4S/c1-26(16-8-7-14(11-15(16)23)30-13-5-3-2-4-6-13)17-9-10-24-21-18(17)19(25-12-27)20(31-21)22(28)29/h2-12H,1H3,(H,25,27)(H,28,29). The van der Waals surface area contributed by atoms with Crippen LogP contribution in [0.25, 0.3) is 10.2 Å². The van der Waals surface area contributed by atoms with Gasteiger partial charge in [-0.25, -0.2) is 14.2 Å². The van der Waals surface area contributed by atoms with Crippen molar-refractivity contribution in [3.63, 3.8) is 0 Å². The van der Waals surface area contributed by atoms with Gasteiger partial charge in [0.2, 0.25) is 6.41 Å². The van der Waals surface area contributed by atoms with Crippen LogP contribution in [-0.2, 0) is 4.79 Å². The third kappa shape index (κ3) is 3.90. The van der Waals surface area contributed by atoms with Crippen LogP contribution < -0.4 is 15.0 Å². The van der Waals surface area contributed by atoms with E-state index in [0.29, 0.717) is 33.8 Å². The van der Waals surface area contributed by atoms with Crippen LogP contribution in [0.4, 0.5) is 21.5 Å². The van der Waals surface area contributed by atoms with Gasteiger partial charge < -0.3 is 20.1 Å². The Balaban J connectivity index is 1.75. The molecule has 0 aliphatic heterocycles. The lowest BCUT2D eigenvalue weighted by molar-refractivity contribution is -0.105. The number of carboxylic acid groups (broad SMARTS) is 1. The molecule has 4 rings (SSSR count). The molecule has 0 saturated carbocycles. The van der Waals surface area contributed by atoms with Gasteiger partial charge in [0.25, 0.3) is 0 Å². The summed E-state index contributed by atoms with van der Waals surface area (Å²) in [6.45, 7) is 0. The average Bonchev–Trinajstić information content (AvgIpc) is 3.13. The molecule has 2 aromatic carbocycles. The van der Waals surface area contributed by atoms with Crippen molar-refractivity contribution in [1.29, 1.82) is 0 Å². The lowest BCUT2D eigenvalue weighted by atomic mass is 10.2. The second kappa shape index (κ2) is 8.41. The minimum Gasteiger partial charge on any atom is -0.477 e. The van der Waals surface area contributed by atoms with Gasteiger partial charge in [0.05, 0.1) is 22.4 Å². The van der Waals surface area contributed by atoms with Crippen molar-refractivity contribution in [2.24, 2.45) is 0 Å². The van der Waals surface area contributed by atoms with E-state index in [2.05, 4.69) is 10.3 Å². The SMILES string of the molecule is CN(c1ccc(Oc2ccccc2)cc1F)c1ccnc2sc(C(=O)O)c(NC=O)c12. The average molecular weight is 437 g/mol. The Kier molecular flexibility index (Phi) is 5.50. The molecule has 0 atom stereocenters. The largest absolute Gasteiger partial charge is 0.477 e. The van der Waals surface area contributed by atoms with E-state index in [1.807, 2.05) is 18.2 Å². The molecule has 0 spiro atoms. The van der Waals surface area contributed by atoms with Crippen LogP contribution >= 0.6 is 11.3 Å². The fourth-order valence-electron chi connectivity index (χ4n) is 3.21. The molecule has 4 aromatic rings. The number of ether oxygens (including phenoxy) is 1. The lowest BCUT2D eigenvalue weighted by Gasteiger charge is -2.22. The number of halogens is 1. The number of carboxylic acids is 1. The van der Waals surface area contributed by atoms with Crippen LogP contribution in [-0.4, -0.2) is 29.5 Å². The van der Waals surface area contributed by atoms with Crippen molar-refractivity contribution in [2.45, 2.75) is 0 Å². The normalized spacial score (nSPS) is 10.6. The fraction of sp³-hybridized carbons (Fsp3) is 0.0455. The zero-order chi connectivity index (χ0) is 22.0. The predicted molar refractivity (Wildman–Crippen MR) is 117 cm³/mol. The highest BCUT2D eigenvalue weighted by molar-refractivity contribution is 7.21. The molecular formula is C22H16FN3O4S. The number of aromatic carboxylic acids is 1. The second-order valence-corrected chi connectivity index (χ2v) is 7.47. The Morgan fingerprint density at radius 3 is 2.61 bits per heavy atom. The number of anilines is 3. The van der Waals surface area contributed by atoms with Crippen LogP contribution in [0.2, 0.25) is 0 Å². The zero-order valence-electron chi connectivity index (χ0n) is 16.2. The Labute approximate surface area is 180 Å². The van der Waals surface area contributed by atoms with Gasteiger partial charge in [-0.15, -0.1) is 11.3 Å². The number of pyridine rings is 1. The number of carbonyl (C=O) groups is 2. The molecule has 0 radical (unpaired) electrons. The number of carbonyl (C=O) groups excluding carboxylic acids is 1. The number of hydrogen-bond acceptors (Lipinski definition) is 6. The van der Waals surface area contributed by atoms with Gasteiger partial charge in [-0.3, -0.25) is 4.79 Å². The van der Waals surface area contributed by atoms with Crippen molar-refractivity contribution in [2.75, 3.05) is 17.3 Å². The topological polar surface area (TPSA) is 91.8 Å². The van der Waals surface area contributed by atoms with E-state index in [0.717, 1.165) is 11.3 Å². The second-order valence-electron chi connectivity index (χ2n) is 6.47. The summed E-state index contributed by atoms with van der Waals surface area (Å²) >= 11 is 0.934. The molecule has 0 aliphatic rings. The Morgan fingerprint density at radius 2 is 1.94 bits per heavy atom. The first-order valence-corrected chi connectivity index (χ1v) is 9.92. The summed E-state index contributed by atoms with van der Waals surface area (Å²) in [5, 5.41) is 12.3. The van der Waals surface area contributed by atoms with E-state index < -0.39 is 11.8 Å². The van der Waals surface area contributed by atoms with Crippen molar-refractivity contribution < 1.29 is 23.8 Å². The molecule has 1 amide bonds. The smallest absolute Gasteiger partial charge is 0.348 e. The number of nitrogens with one attached hydrogen (secondary N) is 1. The number of thiophene rings is 1. The number of aromatic nitrogens is 1. The number of benzene rings is 2. The van der Waals surface area contributed by atoms with Gasteiger partial charge in [-0.1, -0.05) is 18.2 Å². The highest BCUT2D eigenvalue weighted by atomic mass is 32.1. The third-order valence-corrected chi connectivity index (χ3v) is 5.67. The van der Waals surface area contributed by atoms with Crippen LogP contribution in [0, 0.1) is 5.82 Å². The maximum Gasteiger partial charge on any atom is 0.348 e. The van der Waals surface area contributed by atoms with Crippen LogP contribution in [0.5, 0.6) is 11.5 Å². The van der Waals surface area contributed by atoms with Crippen LogP contribution in [0.1, 0.15) is 9.67 Å². The van der Waals surface area contributed by atoms with E-state index in [1.165, 1.54) is 12.3 Å². The minimum atomic E-state index is -1.19. The maximum absolute atomic E-state index is 15.0. The fourth-order valence-corrected chi connectivity index (χ4v) is 4.18. The summed E-state index contributed by atoms with van der Waals surface area (Å²) in [5.41, 5.74) is 0.864. The molecule has 0 aliphatic carbocycles. The Hall–Kier alpha value is -3.98. The summed E-state index contributed by atoms with van der Waals surface area (Å²) < 4.78 is 20.6. The molecule has 9 heteroatoms. The van der Waals surface area contributed by atoms with Gasteiger partial charge in [-0.2, -0.15) is 0 Å². The number of para-hydroxylation sites is 1. The lowest BCUT2D eigenvalue weighted by Crippen LogP contribution is -2.12. The Morgan fingerprint density at radius 1 is 1.16 bits per heavy atom. The van der Waals surface area contributed by atoms with Crippen molar-refractivity contribution in [3.05, 3.63) is 71.5 Å². The molecule has 2 N–H and O–H groups in total. The minimum absolute atomic E-state index is 0.0532. The molecule has 0 saturated heterocycles. The summed E-state index contributed by atoms with van der Waals surface area (Å²) in [6, 6.07) is 15.1. The zero-order valence-corrected chi connectivity index (χ0v) is 17.0. The number of rotatable bonds is 7. The molecule has 2 aromatic heterocycles. The van der Waals surface area contributed by atoms with E-state index in [9.17, 15) is 19.1 Å². The summed E-state index contributed by atoms with van der Waals surface area (Å²) in [6.07, 6.45) is 1.91. The first-order chi connectivity index (χ1) is 15.0. The number of amides is 1. The number of fused-ring (bicyclic) bond motifs is 1. The molecule has 2 heterocycles. The third-order valence-electron chi connectivity index (χ3n) is 4.59. The van der Waals surface area contributed by atoms with E-state index in [4.69, 9.17) is 4.74 Å². The van der Waals surface area contributed by atoms with E-state index in [-0.39, 0.29) is 16.3 Å². The quantitative estimate of drug-likeness (QED) is 0.383. The van der Waals surface area contributed by atoms with Gasteiger partial charge in [0, 0.05) is 19.3 Å². The maximum atomic E-state index is 15.0. The van der Waals surface area contributed by atoms with Crippen LogP contribution in [0.3, 0.4) is 0 Å². The van der Waals surface area contributed by atoms with Crippen molar-refractivity contribution in [1.82, 2.24) is 4.98 Å². The molecule has 7 nitrogen and oxygen atoms in total. The molecule has 0 bridgehead atoms. The van der Waals surface area contributed by atoms with E-state index in [1.54, 1.807) is 42.3 Å². The van der Waals surface area contributed by atoms with Gasteiger partial charge in [-0.05, 0) is 30.3 Å². The first-order valence-electron chi connectivity index (χ1n) is 9.10. The van der Waals surface area contributed by atoms with E-state index >= 15 is 0 Å². The van der Waals surface area contributed by atoms with Crippen molar-refractivity contribution in [3.8, 4) is 11.5 Å². The molecule has 31 heavy (non-hydrogen) atoms. The van der Waals surface area contributed by atoms with Crippen LogP contribution in [0.15, 0.2) is 60.8 Å². The van der Waals surface area contributed by atoms with Gasteiger partial charge in [0.1, 0.15) is 21.2 Å². The molecule has 0 fully saturated rings. The summed E-state index contributed by atoms with van der Waals surface area (Å²) in [4.78, 5) is 28.8. The first kappa shape index (κ1) is 20.3. The highest BCUT2D eigenvalue weighted by Crippen LogP contribution is 2.42. The monoisotopic (exact) mass is 437 g/mol. The number of hydrogen-bond donors (Lipinski definition) is 2. The summed E-state index contributed by atoms with van der Waals surface area (Å²) in [5.74, 6) is -0.787. The summed E-state index contributed by atoms with van der Waals surface area (Å²) in [7, 11) is 1.65. The Bertz CT molecular complexity index is 1280. The highest BCUT2D eigenvalue weighted by Gasteiger charge is 2.23. The molecule has 0 unspecified atom stereocenters. The molecule has 156 valence electrons. The van der Waals surface area contributed by atoms with Gasteiger partial charge in [0.15, 0.2) is 5.82 Å². The van der Waals surface area contributed by atoms with Gasteiger partial charge >= 0.3 is 5.97 Å². The number of nitrogens with zero attached hydrogens (tertiary/aromatic N) is 2. The predicted octanol–water partition coefficient (Wildman–Crippen LogP) is 5.26. The molecular weight excluding hydrogens is 421 g/mol. The van der Waals surface area contributed by atoms with Crippen molar-refractivity contribution >= 4 is 51.0 Å².